The summed E-state index contributed by atoms with van der Waals surface area (Å²) in [5.74, 6) is 0.537. The van der Waals surface area contributed by atoms with Crippen molar-refractivity contribution in [2.45, 2.75) is 11.8 Å². The number of fused-ring (bicyclic) bond motifs is 2. The third-order valence-corrected chi connectivity index (χ3v) is 5.29. The summed E-state index contributed by atoms with van der Waals surface area (Å²) in [6.45, 7) is 0.875. The molecule has 2 aliphatic heterocycles. The van der Waals surface area contributed by atoms with Crippen molar-refractivity contribution in [3.05, 3.63) is 58.6 Å². The standard InChI is InChI=1S/C19H17ClN2O3/c1-25-14-5-6-16-15(10-14)19(18(24)21-16)7-8-22(11-19)17(23)12-3-2-4-13(20)9-12/h2-6,9-10H,7-8,11H2,1H3,(H,21,24)/t19-/m0/s1. The Labute approximate surface area is 150 Å². The first-order valence-corrected chi connectivity index (χ1v) is 8.46. The number of likely N-dealkylation sites (tertiary alicyclic amines) is 1. The van der Waals surface area contributed by atoms with E-state index in [0.29, 0.717) is 35.8 Å². The van der Waals surface area contributed by atoms with Gasteiger partial charge in [0.2, 0.25) is 5.91 Å². The average molecular weight is 357 g/mol. The first-order chi connectivity index (χ1) is 12.0. The minimum absolute atomic E-state index is 0.0582. The molecule has 1 N–H and O–H groups in total. The molecule has 2 heterocycles. The Hall–Kier alpha value is -2.53. The minimum atomic E-state index is -0.710. The first-order valence-electron chi connectivity index (χ1n) is 8.08. The van der Waals surface area contributed by atoms with Crippen LogP contribution < -0.4 is 10.1 Å². The number of halogens is 1. The normalized spacial score (nSPS) is 21.4. The highest BCUT2D eigenvalue weighted by atomic mass is 35.5. The van der Waals surface area contributed by atoms with E-state index >= 15 is 0 Å². The number of methoxy groups -OCH3 is 1. The molecule has 2 aromatic rings. The van der Waals surface area contributed by atoms with Crippen LogP contribution in [0.15, 0.2) is 42.5 Å². The Morgan fingerprint density at radius 2 is 2.12 bits per heavy atom. The molecule has 4 rings (SSSR count). The van der Waals surface area contributed by atoms with E-state index in [0.717, 1.165) is 11.3 Å². The predicted octanol–water partition coefficient (Wildman–Crippen LogP) is 3.08. The second kappa shape index (κ2) is 5.77. The molecule has 1 spiro atoms. The van der Waals surface area contributed by atoms with E-state index in [9.17, 15) is 9.59 Å². The van der Waals surface area contributed by atoms with E-state index in [1.54, 1.807) is 36.3 Å². The van der Waals surface area contributed by atoms with Crippen LogP contribution in [0.2, 0.25) is 5.02 Å². The molecule has 5 nitrogen and oxygen atoms in total. The van der Waals surface area contributed by atoms with Crippen LogP contribution in [0.1, 0.15) is 22.3 Å². The molecular weight excluding hydrogens is 340 g/mol. The Bertz CT molecular complexity index is 883. The molecule has 2 aliphatic rings. The second-order valence-corrected chi connectivity index (χ2v) is 6.87. The van der Waals surface area contributed by atoms with Gasteiger partial charge in [-0.1, -0.05) is 17.7 Å². The maximum absolute atomic E-state index is 12.8. The lowest BCUT2D eigenvalue weighted by Gasteiger charge is -2.23. The summed E-state index contributed by atoms with van der Waals surface area (Å²) >= 11 is 5.99. The molecule has 1 fully saturated rings. The summed E-state index contributed by atoms with van der Waals surface area (Å²) in [6, 6.07) is 12.4. The van der Waals surface area contributed by atoms with Gasteiger partial charge in [-0.15, -0.1) is 0 Å². The fourth-order valence-corrected chi connectivity index (χ4v) is 3.90. The number of benzene rings is 2. The summed E-state index contributed by atoms with van der Waals surface area (Å²) in [5.41, 5.74) is 1.52. The van der Waals surface area contributed by atoms with Gasteiger partial charge in [-0.25, -0.2) is 0 Å². The van der Waals surface area contributed by atoms with Crippen molar-refractivity contribution >= 4 is 29.1 Å². The molecule has 25 heavy (non-hydrogen) atoms. The molecule has 0 aromatic heterocycles. The molecule has 0 saturated carbocycles. The molecule has 1 saturated heterocycles. The van der Waals surface area contributed by atoms with E-state index in [4.69, 9.17) is 16.3 Å². The molecule has 2 amide bonds. The second-order valence-electron chi connectivity index (χ2n) is 6.43. The van der Waals surface area contributed by atoms with Crippen molar-refractivity contribution in [2.24, 2.45) is 0 Å². The highest BCUT2D eigenvalue weighted by Gasteiger charge is 2.52. The highest BCUT2D eigenvalue weighted by molar-refractivity contribution is 6.31. The molecule has 2 aromatic carbocycles. The SMILES string of the molecule is COc1ccc2c(c1)[C@@]1(CCN(C(=O)c3cccc(Cl)c3)C1)C(=O)N2. The monoisotopic (exact) mass is 356 g/mol. The largest absolute Gasteiger partial charge is 0.497 e. The van der Waals surface area contributed by atoms with Crippen LogP contribution in [0.5, 0.6) is 5.75 Å². The van der Waals surface area contributed by atoms with Crippen molar-refractivity contribution in [3.8, 4) is 5.75 Å². The Morgan fingerprint density at radius 1 is 1.28 bits per heavy atom. The van der Waals surface area contributed by atoms with Crippen LogP contribution in [0.4, 0.5) is 5.69 Å². The van der Waals surface area contributed by atoms with Crippen LogP contribution >= 0.6 is 11.6 Å². The van der Waals surface area contributed by atoms with E-state index in [2.05, 4.69) is 5.32 Å². The topological polar surface area (TPSA) is 58.6 Å². The molecule has 0 unspecified atom stereocenters. The van der Waals surface area contributed by atoms with Gasteiger partial charge in [0.05, 0.1) is 12.5 Å². The molecule has 128 valence electrons. The van der Waals surface area contributed by atoms with E-state index < -0.39 is 5.41 Å². The van der Waals surface area contributed by atoms with Gasteiger partial charge in [-0.3, -0.25) is 9.59 Å². The summed E-state index contributed by atoms with van der Waals surface area (Å²) in [7, 11) is 1.60. The third-order valence-electron chi connectivity index (χ3n) is 5.05. The molecule has 0 radical (unpaired) electrons. The summed E-state index contributed by atoms with van der Waals surface area (Å²) in [5, 5.41) is 3.46. The number of hydrogen-bond acceptors (Lipinski definition) is 3. The van der Waals surface area contributed by atoms with Gasteiger partial charge in [-0.05, 0) is 48.4 Å². The lowest BCUT2D eigenvalue weighted by molar-refractivity contribution is -0.120. The van der Waals surface area contributed by atoms with Crippen LogP contribution in [-0.2, 0) is 10.2 Å². The van der Waals surface area contributed by atoms with Crippen LogP contribution in [0.25, 0.3) is 0 Å². The number of carbonyl (C=O) groups is 2. The Kier molecular flexibility index (Phi) is 3.69. The van der Waals surface area contributed by atoms with Crippen molar-refractivity contribution < 1.29 is 14.3 Å². The number of amides is 2. The zero-order chi connectivity index (χ0) is 17.6. The predicted molar refractivity (Wildman–Crippen MR) is 95.3 cm³/mol. The van der Waals surface area contributed by atoms with Gasteiger partial charge in [0, 0.05) is 29.4 Å². The van der Waals surface area contributed by atoms with Crippen molar-refractivity contribution in [2.75, 3.05) is 25.5 Å². The number of hydrogen-bond donors (Lipinski definition) is 1. The van der Waals surface area contributed by atoms with Gasteiger partial charge in [0.25, 0.3) is 5.91 Å². The summed E-state index contributed by atoms with van der Waals surface area (Å²) < 4.78 is 5.30. The van der Waals surface area contributed by atoms with Gasteiger partial charge in [0.15, 0.2) is 0 Å². The number of carbonyl (C=O) groups excluding carboxylic acids is 2. The van der Waals surface area contributed by atoms with E-state index in [-0.39, 0.29) is 11.8 Å². The zero-order valence-electron chi connectivity index (χ0n) is 13.7. The average Bonchev–Trinajstić information content (AvgIpc) is 3.18. The van der Waals surface area contributed by atoms with Gasteiger partial charge in [-0.2, -0.15) is 0 Å². The Balaban J connectivity index is 1.66. The lowest BCUT2D eigenvalue weighted by atomic mass is 9.81. The summed E-state index contributed by atoms with van der Waals surface area (Å²) in [4.78, 5) is 27.2. The van der Waals surface area contributed by atoms with Crippen LogP contribution in [0.3, 0.4) is 0 Å². The maximum Gasteiger partial charge on any atom is 0.253 e. The van der Waals surface area contributed by atoms with Crippen molar-refractivity contribution in [1.82, 2.24) is 4.90 Å². The first kappa shape index (κ1) is 16.0. The number of nitrogens with one attached hydrogen (secondary N) is 1. The third kappa shape index (κ3) is 2.46. The molecule has 0 aliphatic carbocycles. The highest BCUT2D eigenvalue weighted by Crippen LogP contribution is 2.45. The molecule has 0 bridgehead atoms. The minimum Gasteiger partial charge on any atom is -0.497 e. The lowest BCUT2D eigenvalue weighted by Crippen LogP contribution is -2.39. The number of nitrogens with zero attached hydrogens (tertiary/aromatic N) is 1. The maximum atomic E-state index is 12.8. The van der Waals surface area contributed by atoms with Crippen LogP contribution in [-0.4, -0.2) is 36.9 Å². The quantitative estimate of drug-likeness (QED) is 0.899. The molecule has 1 atom stereocenters. The van der Waals surface area contributed by atoms with E-state index in [1.807, 2.05) is 18.2 Å². The van der Waals surface area contributed by atoms with Gasteiger partial charge in [0.1, 0.15) is 5.75 Å². The fourth-order valence-electron chi connectivity index (χ4n) is 3.71. The van der Waals surface area contributed by atoms with Crippen molar-refractivity contribution in [1.29, 1.82) is 0 Å². The Morgan fingerprint density at radius 3 is 2.88 bits per heavy atom. The van der Waals surface area contributed by atoms with Gasteiger partial charge >= 0.3 is 0 Å². The molecular formula is C19H17ClN2O3. The number of rotatable bonds is 2. The fraction of sp³-hybridized carbons (Fsp3) is 0.263. The smallest absolute Gasteiger partial charge is 0.253 e. The number of anilines is 1. The zero-order valence-corrected chi connectivity index (χ0v) is 14.5. The molecule has 6 heteroatoms. The number of ether oxygens (including phenoxy) is 1. The summed E-state index contributed by atoms with van der Waals surface area (Å²) in [6.07, 6.45) is 0.589. The van der Waals surface area contributed by atoms with Crippen molar-refractivity contribution in [3.63, 3.8) is 0 Å². The van der Waals surface area contributed by atoms with E-state index in [1.165, 1.54) is 0 Å². The van der Waals surface area contributed by atoms with Crippen LogP contribution in [0, 0.1) is 0 Å². The van der Waals surface area contributed by atoms with Gasteiger partial charge < -0.3 is 15.0 Å².